The molecular formula is C13H25N. The fraction of sp³-hybridized carbons (Fsp3) is 0.846. The first-order valence-corrected chi connectivity index (χ1v) is 6.08. The Labute approximate surface area is 89.2 Å². The van der Waals surface area contributed by atoms with Crippen LogP contribution in [0.25, 0.3) is 0 Å². The van der Waals surface area contributed by atoms with Gasteiger partial charge in [-0.3, -0.25) is 0 Å². The van der Waals surface area contributed by atoms with E-state index in [9.17, 15) is 0 Å². The fourth-order valence-corrected chi connectivity index (χ4v) is 2.15. The van der Waals surface area contributed by atoms with Crippen LogP contribution in [0.5, 0.6) is 0 Å². The van der Waals surface area contributed by atoms with Gasteiger partial charge in [-0.1, -0.05) is 25.0 Å². The third-order valence-corrected chi connectivity index (χ3v) is 3.28. The minimum absolute atomic E-state index is 1.01. The van der Waals surface area contributed by atoms with Crippen LogP contribution in [0.2, 0.25) is 0 Å². The molecule has 1 heteroatoms. The van der Waals surface area contributed by atoms with Gasteiger partial charge in [0.05, 0.1) is 0 Å². The molecule has 82 valence electrons. The van der Waals surface area contributed by atoms with Crippen LogP contribution in [0.3, 0.4) is 0 Å². The molecule has 0 bridgehead atoms. The summed E-state index contributed by atoms with van der Waals surface area (Å²) in [5.41, 5.74) is 1.45. The molecule has 0 aromatic carbocycles. The Hall–Kier alpha value is -0.300. The van der Waals surface area contributed by atoms with E-state index in [1.165, 1.54) is 50.9 Å². The molecule has 1 fully saturated rings. The monoisotopic (exact) mass is 195 g/mol. The van der Waals surface area contributed by atoms with E-state index < -0.39 is 0 Å². The third-order valence-electron chi connectivity index (χ3n) is 3.28. The predicted molar refractivity (Wildman–Crippen MR) is 63.5 cm³/mol. The first-order valence-electron chi connectivity index (χ1n) is 6.08. The number of piperidine rings is 1. The summed E-state index contributed by atoms with van der Waals surface area (Å²) in [6, 6.07) is 0. The van der Waals surface area contributed by atoms with Gasteiger partial charge in [-0.25, -0.2) is 0 Å². The first-order chi connectivity index (χ1) is 6.72. The lowest BCUT2D eigenvalue weighted by atomic mass is 9.94. The molecule has 0 atom stereocenters. The van der Waals surface area contributed by atoms with Crippen molar-refractivity contribution in [1.82, 2.24) is 4.90 Å². The molecule has 1 saturated heterocycles. The SMILES string of the molecule is CCC1CCN(CCC=C(C)C)CC1. The predicted octanol–water partition coefficient (Wildman–Crippen LogP) is 3.46. The summed E-state index contributed by atoms with van der Waals surface area (Å²) in [6.07, 6.45) is 7.81. The minimum atomic E-state index is 1.01. The lowest BCUT2D eigenvalue weighted by Gasteiger charge is -2.31. The molecule has 1 aliphatic heterocycles. The molecule has 1 heterocycles. The van der Waals surface area contributed by atoms with Gasteiger partial charge in [0.25, 0.3) is 0 Å². The molecule has 1 aliphatic rings. The number of likely N-dealkylation sites (tertiary alicyclic amines) is 1. The van der Waals surface area contributed by atoms with Gasteiger partial charge < -0.3 is 4.90 Å². The van der Waals surface area contributed by atoms with Crippen molar-refractivity contribution < 1.29 is 0 Å². The van der Waals surface area contributed by atoms with Crippen molar-refractivity contribution in [2.45, 2.75) is 46.5 Å². The zero-order chi connectivity index (χ0) is 10.4. The topological polar surface area (TPSA) is 3.24 Å². The van der Waals surface area contributed by atoms with Gasteiger partial charge >= 0.3 is 0 Å². The van der Waals surface area contributed by atoms with E-state index in [-0.39, 0.29) is 0 Å². The molecule has 0 aliphatic carbocycles. The number of nitrogens with zero attached hydrogens (tertiary/aromatic N) is 1. The molecule has 0 aromatic heterocycles. The zero-order valence-electron chi connectivity index (χ0n) is 10.1. The smallest absolute Gasteiger partial charge is 0.00160 e. The Morgan fingerprint density at radius 2 is 1.93 bits per heavy atom. The highest BCUT2D eigenvalue weighted by Crippen LogP contribution is 2.19. The number of hydrogen-bond acceptors (Lipinski definition) is 1. The Kier molecular flexibility index (Phi) is 5.24. The van der Waals surface area contributed by atoms with Crippen LogP contribution >= 0.6 is 0 Å². The van der Waals surface area contributed by atoms with E-state index in [0.717, 1.165) is 5.92 Å². The van der Waals surface area contributed by atoms with E-state index in [4.69, 9.17) is 0 Å². The second-order valence-corrected chi connectivity index (χ2v) is 4.76. The summed E-state index contributed by atoms with van der Waals surface area (Å²) >= 11 is 0. The van der Waals surface area contributed by atoms with Gasteiger partial charge in [0.15, 0.2) is 0 Å². The van der Waals surface area contributed by atoms with E-state index in [2.05, 4.69) is 31.7 Å². The van der Waals surface area contributed by atoms with E-state index in [1.54, 1.807) is 0 Å². The summed E-state index contributed by atoms with van der Waals surface area (Å²) in [7, 11) is 0. The molecule has 1 nitrogen and oxygen atoms in total. The minimum Gasteiger partial charge on any atom is -0.303 e. The maximum absolute atomic E-state index is 2.62. The molecule has 0 spiro atoms. The largest absolute Gasteiger partial charge is 0.303 e. The maximum Gasteiger partial charge on any atom is 0.00160 e. The van der Waals surface area contributed by atoms with Gasteiger partial charge in [0.1, 0.15) is 0 Å². The normalized spacial score (nSPS) is 19.6. The molecule has 0 aromatic rings. The number of rotatable bonds is 4. The zero-order valence-corrected chi connectivity index (χ0v) is 10.1. The van der Waals surface area contributed by atoms with Gasteiger partial charge in [-0.2, -0.15) is 0 Å². The van der Waals surface area contributed by atoms with E-state index >= 15 is 0 Å². The lowest BCUT2D eigenvalue weighted by molar-refractivity contribution is 0.184. The summed E-state index contributed by atoms with van der Waals surface area (Å²) in [5, 5.41) is 0. The Balaban J connectivity index is 2.13. The van der Waals surface area contributed by atoms with Crippen LogP contribution < -0.4 is 0 Å². The van der Waals surface area contributed by atoms with Crippen LogP contribution in [0.4, 0.5) is 0 Å². The van der Waals surface area contributed by atoms with E-state index in [0.29, 0.717) is 0 Å². The fourth-order valence-electron chi connectivity index (χ4n) is 2.15. The molecule has 0 radical (unpaired) electrons. The average Bonchev–Trinajstić information content (AvgIpc) is 2.18. The molecule has 0 N–H and O–H groups in total. The highest BCUT2D eigenvalue weighted by Gasteiger charge is 2.16. The van der Waals surface area contributed by atoms with Gasteiger partial charge in [-0.15, -0.1) is 0 Å². The van der Waals surface area contributed by atoms with E-state index in [1.807, 2.05) is 0 Å². The van der Waals surface area contributed by atoms with Gasteiger partial charge in [-0.05, 0) is 52.1 Å². The summed E-state index contributed by atoms with van der Waals surface area (Å²) in [4.78, 5) is 2.62. The lowest BCUT2D eigenvalue weighted by Crippen LogP contribution is -2.34. The molecule has 0 saturated carbocycles. The van der Waals surface area contributed by atoms with Crippen molar-refractivity contribution in [3.05, 3.63) is 11.6 Å². The second-order valence-electron chi connectivity index (χ2n) is 4.76. The van der Waals surface area contributed by atoms with Crippen molar-refractivity contribution in [3.63, 3.8) is 0 Å². The van der Waals surface area contributed by atoms with Crippen LogP contribution in [-0.2, 0) is 0 Å². The summed E-state index contributed by atoms with van der Waals surface area (Å²) in [6.45, 7) is 10.6. The quantitative estimate of drug-likeness (QED) is 0.621. The molecule has 0 unspecified atom stereocenters. The van der Waals surface area contributed by atoms with Crippen LogP contribution in [0.1, 0.15) is 46.5 Å². The third kappa shape index (κ3) is 4.28. The average molecular weight is 195 g/mol. The highest BCUT2D eigenvalue weighted by atomic mass is 15.1. The molecule has 14 heavy (non-hydrogen) atoms. The molecular weight excluding hydrogens is 170 g/mol. The summed E-state index contributed by atoms with van der Waals surface area (Å²) < 4.78 is 0. The maximum atomic E-state index is 2.62. The van der Waals surface area contributed by atoms with Crippen molar-refractivity contribution >= 4 is 0 Å². The van der Waals surface area contributed by atoms with Crippen LogP contribution in [-0.4, -0.2) is 24.5 Å². The van der Waals surface area contributed by atoms with Crippen LogP contribution in [0.15, 0.2) is 11.6 Å². The van der Waals surface area contributed by atoms with Crippen molar-refractivity contribution in [1.29, 1.82) is 0 Å². The van der Waals surface area contributed by atoms with Crippen molar-refractivity contribution in [3.8, 4) is 0 Å². The van der Waals surface area contributed by atoms with Gasteiger partial charge in [0.2, 0.25) is 0 Å². The number of hydrogen-bond donors (Lipinski definition) is 0. The Morgan fingerprint density at radius 3 is 2.43 bits per heavy atom. The first kappa shape index (κ1) is 11.8. The Morgan fingerprint density at radius 1 is 1.29 bits per heavy atom. The molecule has 1 rings (SSSR count). The van der Waals surface area contributed by atoms with Gasteiger partial charge in [0, 0.05) is 6.54 Å². The second kappa shape index (κ2) is 6.23. The van der Waals surface area contributed by atoms with Crippen molar-refractivity contribution in [2.75, 3.05) is 19.6 Å². The van der Waals surface area contributed by atoms with Crippen LogP contribution in [0, 0.1) is 5.92 Å². The Bertz CT molecular complexity index is 172. The number of allylic oxidation sites excluding steroid dienone is 1. The molecule has 0 amide bonds. The standard InChI is InChI=1S/C13H25N/c1-4-13-7-10-14(11-8-13)9-5-6-12(2)3/h6,13H,4-5,7-11H2,1-3H3. The highest BCUT2D eigenvalue weighted by molar-refractivity contribution is 4.93. The van der Waals surface area contributed by atoms with Crippen molar-refractivity contribution in [2.24, 2.45) is 5.92 Å². The summed E-state index contributed by atoms with van der Waals surface area (Å²) in [5.74, 6) is 1.01.